The maximum Gasteiger partial charge on any atom is 0.261 e. The molecule has 0 aliphatic carbocycles. The van der Waals surface area contributed by atoms with E-state index in [4.69, 9.17) is 0 Å². The van der Waals surface area contributed by atoms with Crippen LogP contribution in [-0.2, 0) is 13.1 Å². The van der Waals surface area contributed by atoms with Crippen LogP contribution in [0.25, 0.3) is 5.65 Å². The van der Waals surface area contributed by atoms with Crippen molar-refractivity contribution in [2.45, 2.75) is 39.9 Å². The zero-order chi connectivity index (χ0) is 18.3. The van der Waals surface area contributed by atoms with Gasteiger partial charge in [0.2, 0.25) is 0 Å². The van der Waals surface area contributed by atoms with Crippen LogP contribution in [0.2, 0.25) is 0 Å². The van der Waals surface area contributed by atoms with Gasteiger partial charge in [-0.15, -0.1) is 0 Å². The summed E-state index contributed by atoms with van der Waals surface area (Å²) in [7, 11) is 0. The number of carbonyl (C=O) groups excluding carboxylic acids is 1. The SMILES string of the molecule is CC(C)C(C)N1Cc2cccc(NC(=O)c3cnn4cccnc34)c2C1. The van der Waals surface area contributed by atoms with Crippen LogP contribution in [0, 0.1) is 5.92 Å². The summed E-state index contributed by atoms with van der Waals surface area (Å²) in [6.07, 6.45) is 5.01. The van der Waals surface area contributed by atoms with Gasteiger partial charge in [-0.1, -0.05) is 26.0 Å². The van der Waals surface area contributed by atoms with Gasteiger partial charge in [0.05, 0.1) is 6.20 Å². The van der Waals surface area contributed by atoms with Crippen molar-refractivity contribution in [2.75, 3.05) is 5.32 Å². The van der Waals surface area contributed by atoms with E-state index in [1.807, 2.05) is 12.1 Å². The fraction of sp³-hybridized carbons (Fsp3) is 0.350. The van der Waals surface area contributed by atoms with Crippen molar-refractivity contribution < 1.29 is 4.79 Å². The lowest BCUT2D eigenvalue weighted by Gasteiger charge is -2.27. The van der Waals surface area contributed by atoms with Gasteiger partial charge in [-0.3, -0.25) is 9.69 Å². The number of nitrogens with zero attached hydrogens (tertiary/aromatic N) is 4. The Morgan fingerprint density at radius 3 is 2.85 bits per heavy atom. The maximum atomic E-state index is 12.8. The van der Waals surface area contributed by atoms with E-state index in [-0.39, 0.29) is 5.91 Å². The highest BCUT2D eigenvalue weighted by Crippen LogP contribution is 2.32. The molecule has 1 unspecified atom stereocenters. The molecule has 3 aromatic rings. The molecule has 3 heterocycles. The number of benzene rings is 1. The van der Waals surface area contributed by atoms with Gasteiger partial charge >= 0.3 is 0 Å². The Balaban J connectivity index is 1.59. The average molecular weight is 349 g/mol. The van der Waals surface area contributed by atoms with E-state index >= 15 is 0 Å². The number of nitrogens with one attached hydrogen (secondary N) is 1. The number of anilines is 1. The van der Waals surface area contributed by atoms with Crippen molar-refractivity contribution in [3.63, 3.8) is 0 Å². The molecule has 1 aromatic carbocycles. The number of aromatic nitrogens is 3. The summed E-state index contributed by atoms with van der Waals surface area (Å²) in [6.45, 7) is 8.54. The molecule has 0 bridgehead atoms. The van der Waals surface area contributed by atoms with Crippen LogP contribution in [0.15, 0.2) is 42.9 Å². The van der Waals surface area contributed by atoms with Crippen LogP contribution in [0.3, 0.4) is 0 Å². The Labute approximate surface area is 152 Å². The average Bonchev–Trinajstić information content (AvgIpc) is 3.25. The molecule has 4 rings (SSSR count). The molecule has 0 radical (unpaired) electrons. The Hall–Kier alpha value is -2.73. The first-order valence-corrected chi connectivity index (χ1v) is 8.99. The zero-order valence-electron chi connectivity index (χ0n) is 15.3. The van der Waals surface area contributed by atoms with E-state index < -0.39 is 0 Å². The third kappa shape index (κ3) is 2.86. The van der Waals surface area contributed by atoms with E-state index in [1.54, 1.807) is 29.2 Å². The normalized spacial score (nSPS) is 15.4. The van der Waals surface area contributed by atoms with Crippen LogP contribution < -0.4 is 5.32 Å². The number of rotatable bonds is 4. The molecular formula is C20H23N5O. The zero-order valence-corrected chi connectivity index (χ0v) is 15.3. The molecule has 134 valence electrons. The third-order valence-corrected chi connectivity index (χ3v) is 5.32. The second kappa shape index (κ2) is 6.53. The molecule has 6 heteroatoms. The second-order valence-corrected chi connectivity index (χ2v) is 7.23. The first-order valence-electron chi connectivity index (χ1n) is 8.99. The topological polar surface area (TPSA) is 62.5 Å². The molecule has 6 nitrogen and oxygen atoms in total. The molecule has 26 heavy (non-hydrogen) atoms. The van der Waals surface area contributed by atoms with Gasteiger partial charge in [-0.2, -0.15) is 5.10 Å². The molecule has 0 saturated carbocycles. The summed E-state index contributed by atoms with van der Waals surface area (Å²) >= 11 is 0. The maximum absolute atomic E-state index is 12.8. The van der Waals surface area contributed by atoms with Gasteiger partial charge < -0.3 is 5.32 Å². The van der Waals surface area contributed by atoms with E-state index in [0.29, 0.717) is 23.2 Å². The largest absolute Gasteiger partial charge is 0.322 e. The Morgan fingerprint density at radius 1 is 1.19 bits per heavy atom. The number of hydrogen-bond donors (Lipinski definition) is 1. The molecule has 1 atom stereocenters. The van der Waals surface area contributed by atoms with E-state index in [1.165, 1.54) is 11.1 Å². The first kappa shape index (κ1) is 16.7. The Bertz CT molecular complexity index is 962. The summed E-state index contributed by atoms with van der Waals surface area (Å²) in [6, 6.07) is 8.41. The van der Waals surface area contributed by atoms with E-state index in [2.05, 4.69) is 47.1 Å². The highest BCUT2D eigenvalue weighted by atomic mass is 16.1. The summed E-state index contributed by atoms with van der Waals surface area (Å²) in [5, 5.41) is 7.26. The summed E-state index contributed by atoms with van der Waals surface area (Å²) in [5.74, 6) is 0.412. The quantitative estimate of drug-likeness (QED) is 0.785. The lowest BCUT2D eigenvalue weighted by atomic mass is 10.1. The molecule has 1 N–H and O–H groups in total. The molecule has 0 spiro atoms. The van der Waals surface area contributed by atoms with Gasteiger partial charge in [0.15, 0.2) is 5.65 Å². The molecule has 0 fully saturated rings. The second-order valence-electron chi connectivity index (χ2n) is 7.23. The van der Waals surface area contributed by atoms with Crippen LogP contribution in [0.5, 0.6) is 0 Å². The standard InChI is InChI=1S/C20H23N5O/c1-13(2)14(3)24-11-15-6-4-7-18(17(15)12-24)23-20(26)16-10-22-25-9-5-8-21-19(16)25/h4-10,13-14H,11-12H2,1-3H3,(H,23,26). The minimum atomic E-state index is -0.178. The van der Waals surface area contributed by atoms with Crippen LogP contribution in [0.4, 0.5) is 5.69 Å². The van der Waals surface area contributed by atoms with Crippen molar-refractivity contribution in [3.8, 4) is 0 Å². The summed E-state index contributed by atoms with van der Waals surface area (Å²) in [5.41, 5.74) is 4.41. The van der Waals surface area contributed by atoms with E-state index in [0.717, 1.165) is 18.8 Å². The smallest absolute Gasteiger partial charge is 0.261 e. The number of hydrogen-bond acceptors (Lipinski definition) is 4. The highest BCUT2D eigenvalue weighted by Gasteiger charge is 2.27. The van der Waals surface area contributed by atoms with Crippen molar-refractivity contribution in [1.29, 1.82) is 0 Å². The van der Waals surface area contributed by atoms with Crippen molar-refractivity contribution >= 4 is 17.2 Å². The van der Waals surface area contributed by atoms with Gasteiger partial charge in [0.25, 0.3) is 5.91 Å². The third-order valence-electron chi connectivity index (χ3n) is 5.32. The predicted molar refractivity (Wildman–Crippen MR) is 101 cm³/mol. The van der Waals surface area contributed by atoms with Crippen LogP contribution in [-0.4, -0.2) is 31.4 Å². The molecular weight excluding hydrogens is 326 g/mol. The lowest BCUT2D eigenvalue weighted by Crippen LogP contribution is -2.32. The Kier molecular flexibility index (Phi) is 4.20. The molecule has 1 aliphatic rings. The van der Waals surface area contributed by atoms with Crippen molar-refractivity contribution in [2.24, 2.45) is 5.92 Å². The predicted octanol–water partition coefficient (Wildman–Crippen LogP) is 3.34. The fourth-order valence-corrected chi connectivity index (χ4v) is 3.45. The fourth-order valence-electron chi connectivity index (χ4n) is 3.45. The number of carbonyl (C=O) groups is 1. The first-order chi connectivity index (χ1) is 12.5. The van der Waals surface area contributed by atoms with Crippen molar-refractivity contribution in [3.05, 3.63) is 59.5 Å². The molecule has 0 saturated heterocycles. The number of amides is 1. The van der Waals surface area contributed by atoms with Crippen LogP contribution >= 0.6 is 0 Å². The van der Waals surface area contributed by atoms with Gasteiger partial charge in [-0.25, -0.2) is 9.50 Å². The minimum Gasteiger partial charge on any atom is -0.322 e. The monoisotopic (exact) mass is 349 g/mol. The summed E-state index contributed by atoms with van der Waals surface area (Å²) in [4.78, 5) is 19.5. The molecule has 1 aliphatic heterocycles. The minimum absolute atomic E-state index is 0.178. The van der Waals surface area contributed by atoms with Gasteiger partial charge in [0, 0.05) is 37.2 Å². The van der Waals surface area contributed by atoms with Gasteiger partial charge in [0.1, 0.15) is 5.56 Å². The van der Waals surface area contributed by atoms with Crippen LogP contribution in [0.1, 0.15) is 42.3 Å². The van der Waals surface area contributed by atoms with Gasteiger partial charge in [-0.05, 0) is 36.1 Å². The lowest BCUT2D eigenvalue weighted by molar-refractivity contribution is 0.102. The molecule has 1 amide bonds. The highest BCUT2D eigenvalue weighted by molar-refractivity contribution is 6.08. The Morgan fingerprint density at radius 2 is 2.04 bits per heavy atom. The number of fused-ring (bicyclic) bond motifs is 2. The van der Waals surface area contributed by atoms with E-state index in [9.17, 15) is 4.79 Å². The summed E-state index contributed by atoms with van der Waals surface area (Å²) < 4.78 is 1.61. The molecule has 2 aromatic heterocycles. The van der Waals surface area contributed by atoms with Crippen molar-refractivity contribution in [1.82, 2.24) is 19.5 Å².